The zero-order valence-electron chi connectivity index (χ0n) is 7.13. The van der Waals surface area contributed by atoms with Crippen molar-refractivity contribution in [2.45, 2.75) is 19.5 Å². The Balaban J connectivity index is 2.84. The van der Waals surface area contributed by atoms with Crippen LogP contribution >= 0.6 is 0 Å². The Morgan fingerprint density at radius 1 is 1.75 bits per heavy atom. The predicted molar refractivity (Wildman–Crippen MR) is 48.6 cm³/mol. The molecule has 12 heavy (non-hydrogen) atoms. The highest BCUT2D eigenvalue weighted by molar-refractivity contribution is 5.81. The number of alkyl halides is 1. The van der Waals surface area contributed by atoms with Crippen LogP contribution in [0.25, 0.3) is 0 Å². The van der Waals surface area contributed by atoms with E-state index in [2.05, 4.69) is 11.6 Å². The van der Waals surface area contributed by atoms with E-state index in [1.165, 1.54) is 6.20 Å². The van der Waals surface area contributed by atoms with Crippen LogP contribution in [0, 0.1) is 5.92 Å². The highest BCUT2D eigenvalue weighted by Gasteiger charge is 2.27. The summed E-state index contributed by atoms with van der Waals surface area (Å²) < 4.78 is 13.0. The molecule has 0 aromatic heterocycles. The van der Waals surface area contributed by atoms with Gasteiger partial charge in [0.15, 0.2) is 0 Å². The van der Waals surface area contributed by atoms with Gasteiger partial charge in [-0.25, -0.2) is 4.39 Å². The maximum atomic E-state index is 13.0. The van der Waals surface area contributed by atoms with Gasteiger partial charge in [0.1, 0.15) is 6.17 Å². The van der Waals surface area contributed by atoms with Gasteiger partial charge in [-0.05, 0) is 17.9 Å². The number of allylic oxidation sites excluding steroid dienone is 2. The molecule has 0 amide bonds. The fraction of sp³-hybridized carbons (Fsp3) is 0.444. The first kappa shape index (κ1) is 8.97. The topological polar surface area (TPSA) is 38.4 Å². The average Bonchev–Trinajstić information content (AvgIpc) is 2.25. The zero-order valence-corrected chi connectivity index (χ0v) is 7.13. The molecule has 0 aromatic carbocycles. The molecule has 1 aliphatic carbocycles. The van der Waals surface area contributed by atoms with Crippen LogP contribution in [-0.4, -0.2) is 12.4 Å². The highest BCUT2D eigenvalue weighted by Crippen LogP contribution is 2.29. The first-order valence-corrected chi connectivity index (χ1v) is 3.94. The summed E-state index contributed by atoms with van der Waals surface area (Å²) in [7, 11) is 0. The maximum Gasteiger partial charge on any atom is 0.140 e. The largest absolute Gasteiger partial charge is 0.399 e. The van der Waals surface area contributed by atoms with Crippen molar-refractivity contribution >= 4 is 6.21 Å². The van der Waals surface area contributed by atoms with Gasteiger partial charge in [-0.1, -0.05) is 13.5 Å². The van der Waals surface area contributed by atoms with Gasteiger partial charge in [0.05, 0.1) is 0 Å². The number of halogens is 1. The summed E-state index contributed by atoms with van der Waals surface area (Å²) in [5, 5.41) is 0. The molecule has 2 atom stereocenters. The lowest BCUT2D eigenvalue weighted by molar-refractivity contribution is 0.357. The van der Waals surface area contributed by atoms with E-state index in [1.54, 1.807) is 6.21 Å². The molecule has 2 N–H and O–H groups in total. The minimum absolute atomic E-state index is 0.170. The number of nitrogens with two attached hydrogens (primary N) is 1. The molecule has 0 heterocycles. The van der Waals surface area contributed by atoms with E-state index in [1.807, 2.05) is 6.92 Å². The van der Waals surface area contributed by atoms with E-state index >= 15 is 0 Å². The van der Waals surface area contributed by atoms with Gasteiger partial charge in [-0.2, -0.15) is 0 Å². The predicted octanol–water partition coefficient (Wildman–Crippen LogP) is 1.79. The van der Waals surface area contributed by atoms with Gasteiger partial charge >= 0.3 is 0 Å². The van der Waals surface area contributed by atoms with Crippen molar-refractivity contribution in [3.05, 3.63) is 24.0 Å². The number of hydrogen-bond donors (Lipinski definition) is 1. The summed E-state index contributed by atoms with van der Waals surface area (Å²) in [6.45, 7) is 5.38. The van der Waals surface area contributed by atoms with Crippen molar-refractivity contribution in [3.8, 4) is 0 Å². The first-order chi connectivity index (χ1) is 5.66. The number of hydrogen-bond acceptors (Lipinski definition) is 2. The summed E-state index contributed by atoms with van der Waals surface area (Å²) in [4.78, 5) is 3.82. The second kappa shape index (κ2) is 3.52. The third kappa shape index (κ3) is 1.55. The molecule has 0 radical (unpaired) electrons. The van der Waals surface area contributed by atoms with Gasteiger partial charge in [0.2, 0.25) is 0 Å². The standard InChI is InChI=1S/C9H13FN2/c1-3-12-5-7-6(2)4-8(10)9(7)11/h3,5-6,8H,1,4,11H2,2H3/b12-5-/t6-,8+/m1/s1. The van der Waals surface area contributed by atoms with Crippen molar-refractivity contribution in [1.82, 2.24) is 0 Å². The molecule has 66 valence electrons. The number of aliphatic imine (C=N–C) groups is 1. The van der Waals surface area contributed by atoms with Crippen molar-refractivity contribution < 1.29 is 4.39 Å². The quantitative estimate of drug-likeness (QED) is 0.627. The van der Waals surface area contributed by atoms with Crippen molar-refractivity contribution in [2.24, 2.45) is 16.6 Å². The SMILES string of the molecule is C=C/N=C\C1=C(N)[C@@H](F)C[C@H]1C. The molecular formula is C9H13FN2. The minimum Gasteiger partial charge on any atom is -0.399 e. The lowest BCUT2D eigenvalue weighted by atomic mass is 10.1. The molecule has 0 aromatic rings. The second-order valence-electron chi connectivity index (χ2n) is 2.98. The lowest BCUT2D eigenvalue weighted by Gasteiger charge is -2.00. The summed E-state index contributed by atoms with van der Waals surface area (Å²) in [6, 6.07) is 0. The fourth-order valence-corrected chi connectivity index (χ4v) is 1.36. The summed E-state index contributed by atoms with van der Waals surface area (Å²) in [5.41, 5.74) is 6.67. The molecule has 0 saturated heterocycles. The Hall–Kier alpha value is -1.12. The molecule has 1 rings (SSSR count). The molecular weight excluding hydrogens is 155 g/mol. The Labute approximate surface area is 71.7 Å². The van der Waals surface area contributed by atoms with Gasteiger partial charge in [-0.3, -0.25) is 4.99 Å². The molecule has 0 bridgehead atoms. The monoisotopic (exact) mass is 168 g/mol. The van der Waals surface area contributed by atoms with Crippen LogP contribution in [0.4, 0.5) is 4.39 Å². The second-order valence-corrected chi connectivity index (χ2v) is 2.98. The molecule has 0 spiro atoms. The van der Waals surface area contributed by atoms with E-state index in [0.717, 1.165) is 5.57 Å². The number of rotatable bonds is 2. The summed E-state index contributed by atoms with van der Waals surface area (Å²) in [5.74, 6) is 0.170. The van der Waals surface area contributed by atoms with Gasteiger partial charge in [0.25, 0.3) is 0 Å². The van der Waals surface area contributed by atoms with Crippen LogP contribution in [0.2, 0.25) is 0 Å². The molecule has 1 aliphatic rings. The molecule has 2 nitrogen and oxygen atoms in total. The summed E-state index contributed by atoms with van der Waals surface area (Å²) >= 11 is 0. The fourth-order valence-electron chi connectivity index (χ4n) is 1.36. The van der Waals surface area contributed by atoms with Gasteiger partial charge in [-0.15, -0.1) is 0 Å². The van der Waals surface area contributed by atoms with Gasteiger partial charge < -0.3 is 5.73 Å². The highest BCUT2D eigenvalue weighted by atomic mass is 19.1. The van der Waals surface area contributed by atoms with E-state index < -0.39 is 6.17 Å². The van der Waals surface area contributed by atoms with Gasteiger partial charge in [0, 0.05) is 18.1 Å². The Morgan fingerprint density at radius 2 is 2.42 bits per heavy atom. The summed E-state index contributed by atoms with van der Waals surface area (Å²) in [6.07, 6.45) is 2.49. The van der Waals surface area contributed by atoms with Crippen LogP contribution in [-0.2, 0) is 0 Å². The van der Waals surface area contributed by atoms with Crippen molar-refractivity contribution in [1.29, 1.82) is 0 Å². The third-order valence-corrected chi connectivity index (χ3v) is 2.08. The van der Waals surface area contributed by atoms with E-state index in [-0.39, 0.29) is 5.92 Å². The Morgan fingerprint density at radius 3 is 2.83 bits per heavy atom. The zero-order chi connectivity index (χ0) is 9.14. The normalized spacial score (nSPS) is 30.2. The van der Waals surface area contributed by atoms with Crippen LogP contribution in [0.5, 0.6) is 0 Å². The van der Waals surface area contributed by atoms with E-state index in [0.29, 0.717) is 12.1 Å². The first-order valence-electron chi connectivity index (χ1n) is 3.94. The minimum atomic E-state index is -0.994. The molecule has 3 heteroatoms. The van der Waals surface area contributed by atoms with Crippen molar-refractivity contribution in [3.63, 3.8) is 0 Å². The smallest absolute Gasteiger partial charge is 0.140 e. The third-order valence-electron chi connectivity index (χ3n) is 2.08. The van der Waals surface area contributed by atoms with Crippen LogP contribution in [0.15, 0.2) is 29.0 Å². The molecule has 0 aliphatic heterocycles. The molecule has 0 saturated carbocycles. The maximum absolute atomic E-state index is 13.0. The van der Waals surface area contributed by atoms with Crippen LogP contribution in [0.1, 0.15) is 13.3 Å². The lowest BCUT2D eigenvalue weighted by Crippen LogP contribution is -2.08. The van der Waals surface area contributed by atoms with E-state index in [9.17, 15) is 4.39 Å². The van der Waals surface area contributed by atoms with Crippen LogP contribution in [0.3, 0.4) is 0 Å². The molecule has 0 fully saturated rings. The number of nitrogens with zero attached hydrogens (tertiary/aromatic N) is 1. The Kier molecular flexibility index (Phi) is 2.63. The Bertz CT molecular complexity index is 243. The van der Waals surface area contributed by atoms with E-state index in [4.69, 9.17) is 5.73 Å². The molecule has 0 unspecified atom stereocenters. The van der Waals surface area contributed by atoms with Crippen molar-refractivity contribution in [2.75, 3.05) is 0 Å². The van der Waals surface area contributed by atoms with Crippen LogP contribution < -0.4 is 5.73 Å². The average molecular weight is 168 g/mol.